The van der Waals surface area contributed by atoms with Gasteiger partial charge in [-0.15, -0.1) is 0 Å². The number of likely N-dealkylation sites (N-methyl/N-ethyl adjacent to an activating group) is 1. The van der Waals surface area contributed by atoms with Crippen molar-refractivity contribution in [2.75, 3.05) is 46.5 Å². The minimum atomic E-state index is -1.28. The molecule has 0 spiro atoms. The van der Waals surface area contributed by atoms with Gasteiger partial charge in [-0.2, -0.15) is 0 Å². The molecule has 1 atom stereocenters. The summed E-state index contributed by atoms with van der Waals surface area (Å²) in [5.41, 5.74) is -1.28. The van der Waals surface area contributed by atoms with E-state index in [0.717, 1.165) is 94.7 Å². The highest BCUT2D eigenvalue weighted by molar-refractivity contribution is 5.83. The molecule has 0 aromatic carbocycles. The van der Waals surface area contributed by atoms with Gasteiger partial charge in [0, 0.05) is 50.9 Å². The zero-order chi connectivity index (χ0) is 50.1. The van der Waals surface area contributed by atoms with Crippen molar-refractivity contribution in [2.24, 2.45) is 11.3 Å². The molecule has 69 heavy (non-hydrogen) atoms. The highest BCUT2D eigenvalue weighted by Gasteiger charge is 2.45. The molecule has 3 aliphatic rings. The lowest BCUT2D eigenvalue weighted by Crippen LogP contribution is -2.62. The molecular weight excluding hydrogens is 867 g/mol. The number of Topliss-reactive ketones (excluding diaryl/α,β-unsaturated/α-hetero) is 1. The van der Waals surface area contributed by atoms with E-state index in [1.54, 1.807) is 0 Å². The van der Waals surface area contributed by atoms with Crippen LogP contribution in [0.4, 0.5) is 0 Å². The molecule has 3 rings (SSSR count). The van der Waals surface area contributed by atoms with Crippen LogP contribution in [0.1, 0.15) is 284 Å². The minimum absolute atomic E-state index is 0.0578. The van der Waals surface area contributed by atoms with Crippen molar-refractivity contribution in [3.8, 4) is 0 Å². The number of unbranched alkanes of at least 4 members (excludes halogenated alkanes) is 30. The first kappa shape index (κ1) is 62.6. The van der Waals surface area contributed by atoms with E-state index in [4.69, 9.17) is 18.9 Å². The molecule has 0 saturated carbocycles. The Balaban J connectivity index is 2.02. The third-order valence-corrected chi connectivity index (χ3v) is 15.3. The average Bonchev–Trinajstić information content (AvgIpc) is 3.34. The summed E-state index contributed by atoms with van der Waals surface area (Å²) < 4.78 is 24.6. The normalized spacial score (nSPS) is 17.7. The quantitative estimate of drug-likeness (QED) is 0.0254. The summed E-state index contributed by atoms with van der Waals surface area (Å²) in [4.78, 5) is 66.8. The number of quaternary nitrogens is 1. The Morgan fingerprint density at radius 2 is 0.710 bits per heavy atom. The van der Waals surface area contributed by atoms with Gasteiger partial charge in [0.1, 0.15) is 32.1 Å². The fraction of sp³-hybridized carbons (Fsp3) is 0.915. The second-order valence-corrected chi connectivity index (χ2v) is 22.2. The maximum atomic E-state index is 13.9. The molecule has 2 bridgehead atoms. The Bertz CT molecular complexity index is 1220. The largest absolute Gasteiger partial charge is 0.465 e. The SMILES string of the molecule is CCCCCCCCCCCCCC(=O)OCC(COC(=O)CCCCCCCCCCCCC)(COC(=O)CCCCCCCCCCCCC)CC(=O)CCC(=O)OC1C[N+]2(C)CCC1CC2. The lowest BCUT2D eigenvalue weighted by Gasteiger charge is -2.49. The number of ketones is 1. The van der Waals surface area contributed by atoms with Gasteiger partial charge in [0.2, 0.25) is 0 Å². The number of esters is 4. The monoisotopic (exact) mass is 975 g/mol. The number of hydrogen-bond donors (Lipinski definition) is 0. The molecule has 0 amide bonds. The summed E-state index contributed by atoms with van der Waals surface area (Å²) in [6.07, 6.45) is 41.2. The number of rotatable bonds is 48. The maximum Gasteiger partial charge on any atom is 0.306 e. The molecule has 1 unspecified atom stereocenters. The van der Waals surface area contributed by atoms with Crippen LogP contribution in [0.15, 0.2) is 0 Å². The predicted molar refractivity (Wildman–Crippen MR) is 281 cm³/mol. The topological polar surface area (TPSA) is 122 Å². The molecular formula is C59H108NO9+. The Kier molecular flexibility index (Phi) is 37.2. The van der Waals surface area contributed by atoms with Gasteiger partial charge < -0.3 is 23.4 Å². The molecule has 3 aliphatic heterocycles. The van der Waals surface area contributed by atoms with E-state index in [2.05, 4.69) is 27.8 Å². The molecule has 0 N–H and O–H groups in total. The van der Waals surface area contributed by atoms with Gasteiger partial charge in [0.15, 0.2) is 6.10 Å². The third kappa shape index (κ3) is 33.0. The zero-order valence-corrected chi connectivity index (χ0v) is 45.5. The number of hydrogen-bond acceptors (Lipinski definition) is 9. The molecule has 0 aliphatic carbocycles. The van der Waals surface area contributed by atoms with Crippen molar-refractivity contribution < 1.29 is 47.4 Å². The van der Waals surface area contributed by atoms with Gasteiger partial charge in [0.25, 0.3) is 0 Å². The van der Waals surface area contributed by atoms with Crippen LogP contribution in [0.3, 0.4) is 0 Å². The highest BCUT2D eigenvalue weighted by atomic mass is 16.6. The van der Waals surface area contributed by atoms with Crippen LogP contribution in [-0.4, -0.2) is 86.8 Å². The number of piperidine rings is 3. The minimum Gasteiger partial charge on any atom is -0.465 e. The van der Waals surface area contributed by atoms with Crippen molar-refractivity contribution in [1.29, 1.82) is 0 Å². The smallest absolute Gasteiger partial charge is 0.306 e. The average molecular weight is 976 g/mol. The molecule has 0 aromatic heterocycles. The second kappa shape index (κ2) is 41.0. The van der Waals surface area contributed by atoms with Crippen molar-refractivity contribution in [3.63, 3.8) is 0 Å². The van der Waals surface area contributed by atoms with Gasteiger partial charge in [0.05, 0.1) is 32.0 Å². The lowest BCUT2D eigenvalue weighted by molar-refractivity contribution is -0.928. The maximum absolute atomic E-state index is 13.9. The number of fused-ring (bicyclic) bond motifs is 3. The van der Waals surface area contributed by atoms with E-state index in [0.29, 0.717) is 25.2 Å². The van der Waals surface area contributed by atoms with Crippen molar-refractivity contribution in [2.45, 2.75) is 290 Å². The van der Waals surface area contributed by atoms with Gasteiger partial charge in [-0.3, -0.25) is 24.0 Å². The first-order chi connectivity index (χ1) is 33.5. The van der Waals surface area contributed by atoms with Crippen LogP contribution >= 0.6 is 0 Å². The molecule has 0 aromatic rings. The molecule has 10 heteroatoms. The first-order valence-electron chi connectivity index (χ1n) is 29.5. The number of carbonyl (C=O) groups excluding carboxylic acids is 5. The van der Waals surface area contributed by atoms with Crippen molar-refractivity contribution in [3.05, 3.63) is 0 Å². The Morgan fingerprint density at radius 3 is 1.01 bits per heavy atom. The van der Waals surface area contributed by atoms with E-state index in [-0.39, 0.29) is 94.1 Å². The fourth-order valence-corrected chi connectivity index (χ4v) is 10.5. The summed E-state index contributed by atoms with van der Waals surface area (Å²) in [7, 11) is 2.22. The fourth-order valence-electron chi connectivity index (χ4n) is 10.5. The standard InChI is InChI=1S/C59H108NO9/c1-5-8-11-14-17-20-23-26-29-32-35-38-55(62)66-49-59(50-67-56(63)39-36-33-30-27-24-21-18-15-12-9-6-2,51-68-57(64)40-37-34-31-28-25-22-19-16-13-10-7-3)47-53(61)41-42-58(65)69-54-48-60(4)45-43-52(54)44-46-60/h52,54H,5-51H2,1-4H3/q+1. The molecule has 402 valence electrons. The lowest BCUT2D eigenvalue weighted by atomic mass is 9.83. The van der Waals surface area contributed by atoms with Gasteiger partial charge in [-0.1, -0.05) is 213 Å². The Morgan fingerprint density at radius 1 is 0.406 bits per heavy atom. The zero-order valence-electron chi connectivity index (χ0n) is 45.5. The number of nitrogens with zero attached hydrogens (tertiary/aromatic N) is 1. The van der Waals surface area contributed by atoms with Crippen LogP contribution in [0.2, 0.25) is 0 Å². The molecule has 3 fully saturated rings. The van der Waals surface area contributed by atoms with E-state index in [1.807, 2.05) is 0 Å². The van der Waals surface area contributed by atoms with Crippen LogP contribution in [0.5, 0.6) is 0 Å². The van der Waals surface area contributed by atoms with E-state index >= 15 is 0 Å². The third-order valence-electron chi connectivity index (χ3n) is 15.3. The van der Waals surface area contributed by atoms with Crippen molar-refractivity contribution in [1.82, 2.24) is 0 Å². The summed E-state index contributed by atoms with van der Waals surface area (Å²) in [5, 5.41) is 0. The molecule has 10 nitrogen and oxygen atoms in total. The number of ether oxygens (including phenoxy) is 4. The summed E-state index contributed by atoms with van der Waals surface area (Å²) >= 11 is 0. The second-order valence-electron chi connectivity index (χ2n) is 22.2. The summed E-state index contributed by atoms with van der Waals surface area (Å²) in [6.45, 7) is 9.08. The first-order valence-corrected chi connectivity index (χ1v) is 29.5. The van der Waals surface area contributed by atoms with Crippen LogP contribution in [0, 0.1) is 11.3 Å². The Hall–Kier alpha value is -2.49. The number of carbonyl (C=O) groups is 5. The van der Waals surface area contributed by atoms with Crippen LogP contribution in [0.25, 0.3) is 0 Å². The Labute approximate surface area is 423 Å². The van der Waals surface area contributed by atoms with Gasteiger partial charge >= 0.3 is 23.9 Å². The van der Waals surface area contributed by atoms with E-state index in [1.165, 1.54) is 135 Å². The predicted octanol–water partition coefficient (Wildman–Crippen LogP) is 15.2. The summed E-state index contributed by atoms with van der Waals surface area (Å²) in [6, 6.07) is 0. The van der Waals surface area contributed by atoms with E-state index in [9.17, 15) is 24.0 Å². The van der Waals surface area contributed by atoms with Crippen LogP contribution in [-0.2, 0) is 42.9 Å². The van der Waals surface area contributed by atoms with Gasteiger partial charge in [-0.05, 0) is 19.3 Å². The van der Waals surface area contributed by atoms with Crippen LogP contribution < -0.4 is 0 Å². The summed E-state index contributed by atoms with van der Waals surface area (Å²) in [5.74, 6) is -1.38. The van der Waals surface area contributed by atoms with Gasteiger partial charge in [-0.25, -0.2) is 0 Å². The molecule has 3 saturated heterocycles. The van der Waals surface area contributed by atoms with E-state index < -0.39 is 5.41 Å². The highest BCUT2D eigenvalue weighted by Crippen LogP contribution is 2.34. The molecule has 3 heterocycles. The van der Waals surface area contributed by atoms with Crippen molar-refractivity contribution >= 4 is 29.7 Å². The molecule has 0 radical (unpaired) electrons.